The molecule has 6 aromatic carbocycles. The SMILES string of the molecule is Cc1cc(-c2ccc(-[n+]3coc(-c4cccc5ccccc45)n3)c(C)c2)ccc1-c1nnc(-c2cccc3ccccc23)o1. The van der Waals surface area contributed by atoms with Crippen LogP contribution in [-0.2, 0) is 0 Å². The minimum atomic E-state index is 0.507. The molecule has 44 heavy (non-hydrogen) atoms. The topological polar surface area (TPSA) is 68.8 Å². The maximum atomic E-state index is 6.19. The Hall–Kier alpha value is -5.88. The molecule has 0 bridgehead atoms. The van der Waals surface area contributed by atoms with E-state index in [2.05, 4.69) is 96.8 Å². The third kappa shape index (κ3) is 4.44. The van der Waals surface area contributed by atoms with Crippen molar-refractivity contribution in [2.75, 3.05) is 0 Å². The van der Waals surface area contributed by atoms with Gasteiger partial charge in [0.2, 0.25) is 17.5 Å². The van der Waals surface area contributed by atoms with E-state index in [1.54, 1.807) is 11.1 Å². The molecule has 0 spiro atoms. The zero-order valence-corrected chi connectivity index (χ0v) is 24.2. The van der Waals surface area contributed by atoms with Crippen LogP contribution in [0.15, 0.2) is 137 Å². The average molecular weight is 572 g/mol. The minimum Gasteiger partial charge on any atom is -0.416 e. The van der Waals surface area contributed by atoms with Crippen molar-refractivity contribution < 1.29 is 13.5 Å². The van der Waals surface area contributed by atoms with Crippen LogP contribution in [0.4, 0.5) is 0 Å². The predicted molar refractivity (Wildman–Crippen MR) is 172 cm³/mol. The Kier molecular flexibility index (Phi) is 6.12. The van der Waals surface area contributed by atoms with Crippen molar-refractivity contribution in [2.45, 2.75) is 13.8 Å². The van der Waals surface area contributed by atoms with Gasteiger partial charge >= 0.3 is 6.39 Å². The lowest BCUT2D eigenvalue weighted by molar-refractivity contribution is -0.660. The fraction of sp³-hybridized carbons (Fsp3) is 0.0526. The van der Waals surface area contributed by atoms with E-state index in [4.69, 9.17) is 13.9 Å². The zero-order chi connectivity index (χ0) is 29.6. The number of rotatable bonds is 5. The highest BCUT2D eigenvalue weighted by molar-refractivity contribution is 5.95. The Morgan fingerprint density at radius 1 is 0.523 bits per heavy atom. The molecular weight excluding hydrogens is 544 g/mol. The van der Waals surface area contributed by atoms with E-state index in [9.17, 15) is 0 Å². The highest BCUT2D eigenvalue weighted by Crippen LogP contribution is 2.33. The average Bonchev–Trinajstić information content (AvgIpc) is 3.75. The first-order valence-corrected chi connectivity index (χ1v) is 14.5. The maximum absolute atomic E-state index is 6.19. The molecular formula is C38H27N4O2+. The molecule has 0 unspecified atom stereocenters. The fourth-order valence-electron chi connectivity index (χ4n) is 5.91. The number of fused-ring (bicyclic) bond motifs is 2. The lowest BCUT2D eigenvalue weighted by atomic mass is 9.98. The summed E-state index contributed by atoms with van der Waals surface area (Å²) in [6.07, 6.45) is 1.66. The van der Waals surface area contributed by atoms with Gasteiger partial charge in [-0.3, -0.25) is 0 Å². The van der Waals surface area contributed by atoms with Crippen LogP contribution in [0.2, 0.25) is 0 Å². The summed E-state index contributed by atoms with van der Waals surface area (Å²) in [7, 11) is 0. The van der Waals surface area contributed by atoms with Crippen LogP contribution in [0.3, 0.4) is 0 Å². The Balaban J connectivity index is 1.07. The number of benzene rings is 6. The molecule has 6 heteroatoms. The molecule has 0 aliphatic carbocycles. The largest absolute Gasteiger partial charge is 0.416 e. The van der Waals surface area contributed by atoms with Crippen molar-refractivity contribution in [2.24, 2.45) is 0 Å². The number of hydrogen-bond acceptors (Lipinski definition) is 5. The monoisotopic (exact) mass is 571 g/mol. The van der Waals surface area contributed by atoms with Crippen molar-refractivity contribution in [1.82, 2.24) is 15.3 Å². The van der Waals surface area contributed by atoms with Gasteiger partial charge in [0.05, 0.1) is 5.56 Å². The molecule has 2 aromatic heterocycles. The Morgan fingerprint density at radius 3 is 1.75 bits per heavy atom. The van der Waals surface area contributed by atoms with Gasteiger partial charge in [-0.15, -0.1) is 10.2 Å². The molecule has 0 radical (unpaired) electrons. The van der Waals surface area contributed by atoms with Gasteiger partial charge in [0.1, 0.15) is 0 Å². The summed E-state index contributed by atoms with van der Waals surface area (Å²) < 4.78 is 13.9. The van der Waals surface area contributed by atoms with E-state index < -0.39 is 0 Å². The molecule has 0 saturated carbocycles. The molecule has 8 rings (SSSR count). The van der Waals surface area contributed by atoms with Gasteiger partial charge in [0.15, 0.2) is 0 Å². The second-order valence-electron chi connectivity index (χ2n) is 11.0. The lowest BCUT2D eigenvalue weighted by Crippen LogP contribution is -2.32. The molecule has 0 aliphatic heterocycles. The summed E-state index contributed by atoms with van der Waals surface area (Å²) in [5.41, 5.74) is 8.14. The minimum absolute atomic E-state index is 0.507. The first-order chi connectivity index (χ1) is 21.6. The van der Waals surface area contributed by atoms with Gasteiger partial charge in [-0.2, -0.15) is 0 Å². The Labute approximate surface area is 253 Å². The van der Waals surface area contributed by atoms with Crippen LogP contribution >= 0.6 is 0 Å². The van der Waals surface area contributed by atoms with Crippen molar-refractivity contribution in [3.8, 4) is 51.2 Å². The highest BCUT2D eigenvalue weighted by atomic mass is 16.4. The summed E-state index contributed by atoms with van der Waals surface area (Å²) in [6.45, 7) is 4.16. The standard InChI is InChI=1S/C38H27N4O2/c1-24-21-28(17-19-30(24)36-39-40-37(44-36)33-15-7-11-26-9-3-5-13-31(26)33)29-18-20-35(25(2)22-29)42-23-43-38(41-42)34-16-8-12-27-10-4-6-14-32(27)34/h3-23H,1-2H3/q+1. The van der Waals surface area contributed by atoms with E-state index in [0.717, 1.165) is 66.2 Å². The maximum Gasteiger partial charge on any atom is 0.368 e. The van der Waals surface area contributed by atoms with Gasteiger partial charge in [-0.1, -0.05) is 84.9 Å². The first-order valence-electron chi connectivity index (χ1n) is 14.5. The van der Waals surface area contributed by atoms with E-state index in [1.165, 1.54) is 0 Å². The van der Waals surface area contributed by atoms with Crippen LogP contribution < -0.4 is 4.68 Å². The molecule has 0 aliphatic rings. The molecule has 0 amide bonds. The van der Waals surface area contributed by atoms with Gasteiger partial charge in [0, 0.05) is 27.9 Å². The van der Waals surface area contributed by atoms with Gasteiger partial charge in [-0.25, -0.2) is 0 Å². The highest BCUT2D eigenvalue weighted by Gasteiger charge is 2.21. The zero-order valence-electron chi connectivity index (χ0n) is 24.2. The quantitative estimate of drug-likeness (QED) is 0.193. The van der Waals surface area contributed by atoms with E-state index >= 15 is 0 Å². The van der Waals surface area contributed by atoms with E-state index in [1.807, 2.05) is 48.5 Å². The van der Waals surface area contributed by atoms with Crippen LogP contribution in [-0.4, -0.2) is 15.3 Å². The van der Waals surface area contributed by atoms with Crippen molar-refractivity contribution in [3.63, 3.8) is 0 Å². The Morgan fingerprint density at radius 2 is 1.09 bits per heavy atom. The molecule has 8 aromatic rings. The first kappa shape index (κ1) is 25.8. The fourth-order valence-corrected chi connectivity index (χ4v) is 5.91. The molecule has 6 nitrogen and oxygen atoms in total. The third-order valence-corrected chi connectivity index (χ3v) is 8.16. The van der Waals surface area contributed by atoms with E-state index in [0.29, 0.717) is 17.7 Å². The Bertz CT molecular complexity index is 2160. The number of hydrogen-bond donors (Lipinski definition) is 0. The van der Waals surface area contributed by atoms with Gasteiger partial charge < -0.3 is 8.83 Å². The summed E-state index contributed by atoms with van der Waals surface area (Å²) in [5.74, 6) is 1.61. The summed E-state index contributed by atoms with van der Waals surface area (Å²) in [4.78, 5) is 0. The predicted octanol–water partition coefficient (Wildman–Crippen LogP) is 8.93. The van der Waals surface area contributed by atoms with Gasteiger partial charge in [0.25, 0.3) is 5.89 Å². The number of aromatic nitrogens is 4. The molecule has 0 saturated heterocycles. The van der Waals surface area contributed by atoms with Crippen molar-refractivity contribution in [3.05, 3.63) is 139 Å². The van der Waals surface area contributed by atoms with Crippen LogP contribution in [0, 0.1) is 13.8 Å². The molecule has 0 atom stereocenters. The smallest absolute Gasteiger partial charge is 0.368 e. The van der Waals surface area contributed by atoms with Crippen LogP contribution in [0.1, 0.15) is 11.1 Å². The molecule has 2 heterocycles. The van der Waals surface area contributed by atoms with E-state index in [-0.39, 0.29) is 0 Å². The molecule has 210 valence electrons. The summed E-state index contributed by atoms with van der Waals surface area (Å²) >= 11 is 0. The molecule has 0 N–H and O–H groups in total. The normalized spacial score (nSPS) is 11.4. The van der Waals surface area contributed by atoms with Gasteiger partial charge in [-0.05, 0) is 87.1 Å². The second kappa shape index (κ2) is 10.4. The van der Waals surface area contributed by atoms with Crippen molar-refractivity contribution >= 4 is 21.5 Å². The van der Waals surface area contributed by atoms with Crippen LogP contribution in [0.25, 0.3) is 72.7 Å². The lowest BCUT2D eigenvalue weighted by Gasteiger charge is -2.07. The summed E-state index contributed by atoms with van der Waals surface area (Å²) in [6, 6.07) is 41.4. The second-order valence-corrected chi connectivity index (χ2v) is 11.0. The summed E-state index contributed by atoms with van der Waals surface area (Å²) in [5, 5.41) is 18.1. The molecule has 0 fully saturated rings. The number of aryl methyl sites for hydroxylation is 2. The number of nitrogens with zero attached hydrogens (tertiary/aromatic N) is 4. The van der Waals surface area contributed by atoms with Crippen LogP contribution in [0.5, 0.6) is 0 Å². The van der Waals surface area contributed by atoms with Crippen molar-refractivity contribution in [1.29, 1.82) is 0 Å². The third-order valence-electron chi connectivity index (χ3n) is 8.16.